The number of carbonyl (C=O) groups excluding carboxylic acids is 1. The minimum Gasteiger partial charge on any atom is -0.489 e. The number of thiazole rings is 1. The molecule has 2 aromatic carbocycles. The molecule has 2 heterocycles. The Bertz CT molecular complexity index is 1260. The highest BCUT2D eigenvalue weighted by molar-refractivity contribution is 7.13. The SMILES string of the molecule is CC(=O)CC(C)(C)NCc1csc(-c2cc3cc(OCc4ccccc4CCl)ccc3o2)n1. The average molecular weight is 483 g/mol. The lowest BCUT2D eigenvalue weighted by Crippen LogP contribution is -2.40. The van der Waals surface area contributed by atoms with Crippen molar-refractivity contribution in [3.8, 4) is 16.5 Å². The molecule has 33 heavy (non-hydrogen) atoms. The lowest BCUT2D eigenvalue weighted by Gasteiger charge is -2.24. The second-order valence-corrected chi connectivity index (χ2v) is 9.89. The van der Waals surface area contributed by atoms with Gasteiger partial charge in [-0.15, -0.1) is 22.9 Å². The van der Waals surface area contributed by atoms with Gasteiger partial charge < -0.3 is 14.5 Å². The highest BCUT2D eigenvalue weighted by atomic mass is 35.5. The van der Waals surface area contributed by atoms with Crippen LogP contribution in [-0.2, 0) is 23.8 Å². The number of Topliss-reactive ketones (excluding diaryl/α,β-unsaturated/α-hetero) is 1. The van der Waals surface area contributed by atoms with Crippen molar-refractivity contribution in [2.75, 3.05) is 0 Å². The maximum Gasteiger partial charge on any atom is 0.164 e. The summed E-state index contributed by atoms with van der Waals surface area (Å²) >= 11 is 7.57. The van der Waals surface area contributed by atoms with Crippen LogP contribution >= 0.6 is 22.9 Å². The van der Waals surface area contributed by atoms with Gasteiger partial charge in [-0.25, -0.2) is 4.98 Å². The minimum atomic E-state index is -0.268. The largest absolute Gasteiger partial charge is 0.489 e. The fourth-order valence-corrected chi connectivity index (χ4v) is 4.75. The monoisotopic (exact) mass is 482 g/mol. The predicted octanol–water partition coefficient (Wildman–Crippen LogP) is 6.72. The number of fused-ring (bicyclic) bond motifs is 1. The van der Waals surface area contributed by atoms with Crippen molar-refractivity contribution in [3.05, 3.63) is 70.7 Å². The molecule has 0 amide bonds. The van der Waals surface area contributed by atoms with Gasteiger partial charge in [-0.1, -0.05) is 24.3 Å². The zero-order chi connectivity index (χ0) is 23.4. The van der Waals surface area contributed by atoms with Gasteiger partial charge in [0.2, 0.25) is 0 Å². The molecule has 0 fully saturated rings. The number of ketones is 1. The van der Waals surface area contributed by atoms with Gasteiger partial charge in [-0.05, 0) is 56.2 Å². The van der Waals surface area contributed by atoms with E-state index in [4.69, 9.17) is 25.7 Å². The number of carbonyl (C=O) groups is 1. The quantitative estimate of drug-likeness (QED) is 0.254. The van der Waals surface area contributed by atoms with Crippen molar-refractivity contribution >= 4 is 39.7 Å². The number of halogens is 1. The van der Waals surface area contributed by atoms with E-state index in [0.29, 0.717) is 25.5 Å². The number of rotatable bonds is 10. The number of furan rings is 1. The molecule has 2 aromatic heterocycles. The summed E-state index contributed by atoms with van der Waals surface area (Å²) in [4.78, 5) is 16.1. The van der Waals surface area contributed by atoms with E-state index in [-0.39, 0.29) is 11.3 Å². The van der Waals surface area contributed by atoms with E-state index in [1.807, 2.05) is 67.8 Å². The Morgan fingerprint density at radius 3 is 2.73 bits per heavy atom. The van der Waals surface area contributed by atoms with Crippen LogP contribution in [0.4, 0.5) is 0 Å². The van der Waals surface area contributed by atoms with Crippen LogP contribution in [0.3, 0.4) is 0 Å². The van der Waals surface area contributed by atoms with E-state index in [1.165, 1.54) is 0 Å². The first-order valence-corrected chi connectivity index (χ1v) is 12.2. The Morgan fingerprint density at radius 1 is 1.18 bits per heavy atom. The van der Waals surface area contributed by atoms with Crippen molar-refractivity contribution in [3.63, 3.8) is 0 Å². The second-order valence-electron chi connectivity index (χ2n) is 8.76. The van der Waals surface area contributed by atoms with E-state index in [9.17, 15) is 4.79 Å². The summed E-state index contributed by atoms with van der Waals surface area (Å²) < 4.78 is 12.0. The third kappa shape index (κ3) is 6.02. The second kappa shape index (κ2) is 10.1. The van der Waals surface area contributed by atoms with E-state index in [2.05, 4.69) is 5.32 Å². The van der Waals surface area contributed by atoms with Crippen molar-refractivity contribution in [1.82, 2.24) is 10.3 Å². The van der Waals surface area contributed by atoms with Gasteiger partial charge in [0, 0.05) is 35.2 Å². The van der Waals surface area contributed by atoms with Crippen molar-refractivity contribution in [1.29, 1.82) is 0 Å². The molecule has 0 unspecified atom stereocenters. The van der Waals surface area contributed by atoms with Crippen LogP contribution in [0.1, 0.15) is 44.0 Å². The lowest BCUT2D eigenvalue weighted by molar-refractivity contribution is -0.118. The molecule has 0 bridgehead atoms. The Balaban J connectivity index is 1.44. The zero-order valence-electron chi connectivity index (χ0n) is 19.0. The number of nitrogens with one attached hydrogen (secondary N) is 1. The maximum absolute atomic E-state index is 11.4. The number of hydrogen-bond donors (Lipinski definition) is 1. The number of ether oxygens (including phenoxy) is 1. The fourth-order valence-electron chi connectivity index (χ4n) is 3.72. The van der Waals surface area contributed by atoms with Gasteiger partial charge >= 0.3 is 0 Å². The molecule has 0 spiro atoms. The standard InChI is InChI=1S/C26H27ClN2O3S/c1-17(30)12-26(2,3)28-14-21-16-33-25(29-21)24-11-20-10-22(8-9-23(20)32-24)31-15-19-7-5-4-6-18(19)13-27/h4-11,16,28H,12-15H2,1-3H3. The molecule has 0 aliphatic rings. The number of nitrogens with zero attached hydrogens (tertiary/aromatic N) is 1. The van der Waals surface area contributed by atoms with Crippen LogP contribution in [0.15, 0.2) is 58.3 Å². The first-order chi connectivity index (χ1) is 15.8. The highest BCUT2D eigenvalue weighted by Gasteiger charge is 2.20. The molecular formula is C26H27ClN2O3S. The normalized spacial score (nSPS) is 11.8. The van der Waals surface area contributed by atoms with Gasteiger partial charge in [0.25, 0.3) is 0 Å². The number of alkyl halides is 1. The first kappa shape index (κ1) is 23.5. The Hall–Kier alpha value is -2.67. The average Bonchev–Trinajstić information content (AvgIpc) is 3.42. The predicted molar refractivity (Wildman–Crippen MR) is 134 cm³/mol. The Morgan fingerprint density at radius 2 is 1.97 bits per heavy atom. The summed E-state index contributed by atoms with van der Waals surface area (Å²) in [6, 6.07) is 15.8. The number of hydrogen-bond acceptors (Lipinski definition) is 6. The molecule has 0 radical (unpaired) electrons. The van der Waals surface area contributed by atoms with Gasteiger partial charge in [-0.2, -0.15) is 0 Å². The molecular weight excluding hydrogens is 456 g/mol. The molecule has 5 nitrogen and oxygen atoms in total. The van der Waals surface area contributed by atoms with E-state index in [1.54, 1.807) is 18.3 Å². The van der Waals surface area contributed by atoms with E-state index < -0.39 is 0 Å². The third-order valence-electron chi connectivity index (χ3n) is 5.35. The van der Waals surface area contributed by atoms with Crippen molar-refractivity contribution in [2.45, 2.75) is 51.8 Å². The van der Waals surface area contributed by atoms with Crippen LogP contribution in [-0.4, -0.2) is 16.3 Å². The van der Waals surface area contributed by atoms with Crippen LogP contribution in [0, 0.1) is 0 Å². The maximum atomic E-state index is 11.4. The smallest absolute Gasteiger partial charge is 0.164 e. The van der Waals surface area contributed by atoms with Gasteiger partial charge in [0.05, 0.1) is 5.69 Å². The highest BCUT2D eigenvalue weighted by Crippen LogP contribution is 2.32. The van der Waals surface area contributed by atoms with E-state index >= 15 is 0 Å². The minimum absolute atomic E-state index is 0.167. The molecule has 1 N–H and O–H groups in total. The number of benzene rings is 2. The summed E-state index contributed by atoms with van der Waals surface area (Å²) in [6.45, 7) is 6.71. The van der Waals surface area contributed by atoms with Gasteiger partial charge in [0.1, 0.15) is 23.7 Å². The van der Waals surface area contributed by atoms with Crippen LogP contribution in [0.25, 0.3) is 21.7 Å². The van der Waals surface area contributed by atoms with Crippen molar-refractivity contribution in [2.24, 2.45) is 0 Å². The summed E-state index contributed by atoms with van der Waals surface area (Å²) in [5.74, 6) is 2.13. The zero-order valence-corrected chi connectivity index (χ0v) is 20.6. The molecule has 7 heteroatoms. The molecule has 0 aliphatic heterocycles. The van der Waals surface area contributed by atoms with Crippen LogP contribution in [0.2, 0.25) is 0 Å². The summed E-state index contributed by atoms with van der Waals surface area (Å²) in [5, 5.41) is 7.21. The van der Waals surface area contributed by atoms with Crippen LogP contribution in [0.5, 0.6) is 5.75 Å². The molecule has 4 rings (SSSR count). The third-order valence-corrected chi connectivity index (χ3v) is 6.54. The Labute approximate surface area is 202 Å². The molecule has 0 saturated carbocycles. The molecule has 0 saturated heterocycles. The topological polar surface area (TPSA) is 64.4 Å². The summed E-state index contributed by atoms with van der Waals surface area (Å²) in [5.41, 5.74) is 3.60. The molecule has 4 aromatic rings. The van der Waals surface area contributed by atoms with Crippen molar-refractivity contribution < 1.29 is 13.9 Å². The molecule has 0 aliphatic carbocycles. The molecule has 172 valence electrons. The number of aromatic nitrogens is 1. The van der Waals surface area contributed by atoms with Gasteiger partial charge in [-0.3, -0.25) is 4.79 Å². The lowest BCUT2D eigenvalue weighted by atomic mass is 9.98. The molecule has 0 atom stereocenters. The first-order valence-electron chi connectivity index (χ1n) is 10.8. The van der Waals surface area contributed by atoms with E-state index in [0.717, 1.165) is 44.3 Å². The van der Waals surface area contributed by atoms with Gasteiger partial charge in [0.15, 0.2) is 10.8 Å². The summed E-state index contributed by atoms with van der Waals surface area (Å²) in [7, 11) is 0. The summed E-state index contributed by atoms with van der Waals surface area (Å²) in [6.07, 6.45) is 0.482. The van der Waals surface area contributed by atoms with Crippen LogP contribution < -0.4 is 10.1 Å². The Kier molecular flexibility index (Phi) is 7.17. The fraction of sp³-hybridized carbons (Fsp3) is 0.308.